The fourth-order valence-electron chi connectivity index (χ4n) is 3.32. The van der Waals surface area contributed by atoms with Crippen LogP contribution in [0.25, 0.3) is 0 Å². The van der Waals surface area contributed by atoms with Gasteiger partial charge in [-0.1, -0.05) is 24.3 Å². The van der Waals surface area contributed by atoms with Crippen molar-refractivity contribution < 1.29 is 9.59 Å². The molecule has 128 valence electrons. The van der Waals surface area contributed by atoms with Gasteiger partial charge in [0, 0.05) is 44.3 Å². The highest BCUT2D eigenvalue weighted by molar-refractivity contribution is 5.92. The number of primary amides is 1. The molecular weight excluding hydrogens is 304 g/mol. The second-order valence-corrected chi connectivity index (χ2v) is 6.36. The van der Waals surface area contributed by atoms with Crippen molar-refractivity contribution in [2.24, 2.45) is 5.73 Å². The van der Waals surface area contributed by atoms with Crippen molar-refractivity contribution in [1.29, 1.82) is 0 Å². The van der Waals surface area contributed by atoms with Gasteiger partial charge < -0.3 is 16.0 Å². The van der Waals surface area contributed by atoms with Crippen molar-refractivity contribution in [2.75, 3.05) is 32.7 Å². The van der Waals surface area contributed by atoms with E-state index >= 15 is 0 Å². The number of rotatable bonds is 5. The molecule has 0 radical (unpaired) electrons. The Balaban J connectivity index is 1.43. The lowest BCUT2D eigenvalue weighted by Gasteiger charge is -2.23. The molecule has 0 spiro atoms. The fraction of sp³-hybridized carbons (Fsp3) is 0.444. The van der Waals surface area contributed by atoms with E-state index in [9.17, 15) is 9.59 Å². The van der Waals surface area contributed by atoms with Gasteiger partial charge in [-0.2, -0.15) is 0 Å². The maximum atomic E-state index is 12.3. The Morgan fingerprint density at radius 2 is 2.04 bits per heavy atom. The van der Waals surface area contributed by atoms with Gasteiger partial charge in [0.15, 0.2) is 0 Å². The minimum atomic E-state index is -0.430. The summed E-state index contributed by atoms with van der Waals surface area (Å²) in [6.07, 6.45) is 6.09. The molecule has 0 saturated carbocycles. The van der Waals surface area contributed by atoms with E-state index in [0.717, 1.165) is 38.2 Å². The maximum Gasteiger partial charge on any atom is 0.317 e. The molecule has 3 rings (SSSR count). The number of carbonyl (C=O) groups is 2. The number of benzene rings is 1. The lowest BCUT2D eigenvalue weighted by Crippen LogP contribution is -2.42. The lowest BCUT2D eigenvalue weighted by atomic mass is 10.1. The molecule has 2 heterocycles. The van der Waals surface area contributed by atoms with E-state index in [2.05, 4.69) is 22.4 Å². The molecule has 0 aliphatic carbocycles. The number of nitrogens with one attached hydrogen (secondary N) is 1. The largest absolute Gasteiger partial charge is 0.366 e. The predicted octanol–water partition coefficient (Wildman–Crippen LogP) is 0.984. The summed E-state index contributed by atoms with van der Waals surface area (Å²) in [5.41, 5.74) is 6.78. The SMILES string of the molecule is NC(=O)c1cccc(CCNC(=O)N2CC[C@@H](N3CC=CC3)C2)c1. The first-order valence-corrected chi connectivity index (χ1v) is 8.44. The molecule has 24 heavy (non-hydrogen) atoms. The average molecular weight is 328 g/mol. The van der Waals surface area contributed by atoms with E-state index in [-0.39, 0.29) is 6.03 Å². The van der Waals surface area contributed by atoms with Crippen molar-refractivity contribution in [3.05, 3.63) is 47.5 Å². The summed E-state index contributed by atoms with van der Waals surface area (Å²) in [7, 11) is 0. The summed E-state index contributed by atoms with van der Waals surface area (Å²) in [5, 5.41) is 2.97. The number of likely N-dealkylation sites (tertiary alicyclic amines) is 1. The van der Waals surface area contributed by atoms with Gasteiger partial charge in [-0.25, -0.2) is 4.79 Å². The van der Waals surface area contributed by atoms with Crippen molar-refractivity contribution in [1.82, 2.24) is 15.1 Å². The Morgan fingerprint density at radius 1 is 1.25 bits per heavy atom. The fourth-order valence-corrected chi connectivity index (χ4v) is 3.32. The normalized spacial score (nSPS) is 20.5. The minimum Gasteiger partial charge on any atom is -0.366 e. The molecule has 1 atom stereocenters. The Labute approximate surface area is 142 Å². The van der Waals surface area contributed by atoms with Crippen molar-refractivity contribution >= 4 is 11.9 Å². The topological polar surface area (TPSA) is 78.7 Å². The second kappa shape index (κ2) is 7.49. The van der Waals surface area contributed by atoms with Gasteiger partial charge in [0.05, 0.1) is 0 Å². The summed E-state index contributed by atoms with van der Waals surface area (Å²) < 4.78 is 0. The van der Waals surface area contributed by atoms with Gasteiger partial charge in [0.25, 0.3) is 0 Å². The van der Waals surface area contributed by atoms with E-state index in [0.29, 0.717) is 24.6 Å². The molecule has 3 N–H and O–H groups in total. The zero-order valence-corrected chi connectivity index (χ0v) is 13.8. The molecule has 1 aromatic rings. The minimum absolute atomic E-state index is 0.00397. The van der Waals surface area contributed by atoms with Crippen LogP contribution >= 0.6 is 0 Å². The molecule has 1 fully saturated rings. The van der Waals surface area contributed by atoms with E-state index < -0.39 is 5.91 Å². The highest BCUT2D eigenvalue weighted by atomic mass is 16.2. The van der Waals surface area contributed by atoms with Gasteiger partial charge in [-0.15, -0.1) is 0 Å². The van der Waals surface area contributed by atoms with Crippen molar-refractivity contribution in [3.63, 3.8) is 0 Å². The number of nitrogens with two attached hydrogens (primary N) is 1. The number of urea groups is 1. The molecule has 6 heteroatoms. The molecule has 1 saturated heterocycles. The maximum absolute atomic E-state index is 12.3. The molecule has 1 aromatic carbocycles. The Bertz CT molecular complexity index is 636. The van der Waals surface area contributed by atoms with Gasteiger partial charge in [0.1, 0.15) is 0 Å². The van der Waals surface area contributed by atoms with Gasteiger partial charge in [0.2, 0.25) is 5.91 Å². The number of amides is 3. The Kier molecular flexibility index (Phi) is 5.15. The third kappa shape index (κ3) is 3.94. The highest BCUT2D eigenvalue weighted by Crippen LogP contribution is 2.17. The zero-order valence-electron chi connectivity index (χ0n) is 13.8. The van der Waals surface area contributed by atoms with Crippen LogP contribution in [0.4, 0.5) is 4.79 Å². The van der Waals surface area contributed by atoms with Crippen molar-refractivity contribution in [3.8, 4) is 0 Å². The van der Waals surface area contributed by atoms with Crippen LogP contribution in [0.2, 0.25) is 0 Å². The van der Waals surface area contributed by atoms with Crippen LogP contribution in [0.5, 0.6) is 0 Å². The predicted molar refractivity (Wildman–Crippen MR) is 92.8 cm³/mol. The van der Waals surface area contributed by atoms with Gasteiger partial charge in [-0.3, -0.25) is 9.69 Å². The number of hydrogen-bond donors (Lipinski definition) is 2. The molecule has 0 bridgehead atoms. The van der Waals surface area contributed by atoms with E-state index in [1.54, 1.807) is 12.1 Å². The summed E-state index contributed by atoms with van der Waals surface area (Å²) >= 11 is 0. The van der Waals surface area contributed by atoms with Gasteiger partial charge >= 0.3 is 6.03 Å². The Hall–Kier alpha value is -2.34. The first-order valence-electron chi connectivity index (χ1n) is 8.44. The van der Waals surface area contributed by atoms with Crippen LogP contribution in [-0.4, -0.2) is 60.5 Å². The quantitative estimate of drug-likeness (QED) is 0.791. The molecule has 2 aliphatic rings. The van der Waals surface area contributed by atoms with Crippen LogP contribution in [-0.2, 0) is 6.42 Å². The first-order chi connectivity index (χ1) is 11.6. The first kappa shape index (κ1) is 16.5. The van der Waals surface area contributed by atoms with E-state index in [4.69, 9.17) is 5.73 Å². The molecule has 0 aromatic heterocycles. The summed E-state index contributed by atoms with van der Waals surface area (Å²) in [6, 6.07) is 7.69. The third-order valence-corrected chi connectivity index (χ3v) is 4.71. The molecule has 2 aliphatic heterocycles. The standard InChI is InChI=1S/C18H24N4O2/c19-17(23)15-5-3-4-14(12-15)6-8-20-18(24)22-11-7-16(13-22)21-9-1-2-10-21/h1-5,12,16H,6-11,13H2,(H2,19,23)(H,20,24)/t16-/m1/s1. The Morgan fingerprint density at radius 3 is 2.79 bits per heavy atom. The van der Waals surface area contributed by atoms with Crippen LogP contribution in [0, 0.1) is 0 Å². The number of nitrogens with zero attached hydrogens (tertiary/aromatic N) is 2. The molecular formula is C18H24N4O2. The van der Waals surface area contributed by atoms with Crippen LogP contribution in [0.15, 0.2) is 36.4 Å². The van der Waals surface area contributed by atoms with E-state index in [1.165, 1.54) is 0 Å². The summed E-state index contributed by atoms with van der Waals surface area (Å²) in [4.78, 5) is 27.8. The van der Waals surface area contributed by atoms with Crippen LogP contribution in [0.3, 0.4) is 0 Å². The smallest absolute Gasteiger partial charge is 0.317 e. The number of hydrogen-bond acceptors (Lipinski definition) is 3. The second-order valence-electron chi connectivity index (χ2n) is 6.36. The summed E-state index contributed by atoms with van der Waals surface area (Å²) in [5.74, 6) is -0.430. The molecule has 0 unspecified atom stereocenters. The molecule has 3 amide bonds. The van der Waals surface area contributed by atoms with Crippen LogP contribution < -0.4 is 11.1 Å². The number of carbonyl (C=O) groups excluding carboxylic acids is 2. The molecule has 6 nitrogen and oxygen atoms in total. The highest BCUT2D eigenvalue weighted by Gasteiger charge is 2.30. The lowest BCUT2D eigenvalue weighted by molar-refractivity contribution is 0.1000. The van der Waals surface area contributed by atoms with E-state index in [1.807, 2.05) is 17.0 Å². The summed E-state index contributed by atoms with van der Waals surface area (Å²) in [6.45, 7) is 4.15. The van der Waals surface area contributed by atoms with Crippen LogP contribution in [0.1, 0.15) is 22.3 Å². The van der Waals surface area contributed by atoms with Crippen molar-refractivity contribution in [2.45, 2.75) is 18.9 Å². The zero-order chi connectivity index (χ0) is 16.9. The monoisotopic (exact) mass is 328 g/mol. The third-order valence-electron chi connectivity index (χ3n) is 4.71. The average Bonchev–Trinajstić information content (AvgIpc) is 3.26. The van der Waals surface area contributed by atoms with Gasteiger partial charge in [-0.05, 0) is 30.5 Å².